The van der Waals surface area contributed by atoms with E-state index in [1.165, 1.54) is 12.1 Å². The minimum Gasteiger partial charge on any atom is -0.472 e. The predicted octanol–water partition coefficient (Wildman–Crippen LogP) is 2.52. The molecule has 1 amide bonds. The van der Waals surface area contributed by atoms with E-state index in [-0.39, 0.29) is 17.9 Å². The number of nitrogens with two attached hydrogens (primary N) is 1. The number of alkyl halides is 3. The van der Waals surface area contributed by atoms with Crippen LogP contribution < -0.4 is 26.1 Å². The maximum Gasteiger partial charge on any atom is 0.573 e. The van der Waals surface area contributed by atoms with Crippen molar-refractivity contribution >= 4 is 12.1 Å². The Labute approximate surface area is 148 Å². The fourth-order valence-electron chi connectivity index (χ4n) is 1.93. The molecule has 0 radical (unpaired) electrons. The molecule has 2 rings (SSSR count). The predicted molar refractivity (Wildman–Crippen MR) is 89.4 cm³/mol. The first-order chi connectivity index (χ1) is 12.3. The highest BCUT2D eigenvalue weighted by Crippen LogP contribution is 2.32. The highest BCUT2D eigenvalue weighted by molar-refractivity contribution is 5.57. The molecule has 0 fully saturated rings. The Balaban J connectivity index is 0.000000765. The molecule has 7 nitrogen and oxygen atoms in total. The van der Waals surface area contributed by atoms with Crippen LogP contribution in [0.3, 0.4) is 0 Å². The van der Waals surface area contributed by atoms with Gasteiger partial charge in [-0.25, -0.2) is 10.8 Å². The zero-order chi connectivity index (χ0) is 19.6. The number of aryl methyl sites for hydroxylation is 1. The Morgan fingerprint density at radius 1 is 1.27 bits per heavy atom. The van der Waals surface area contributed by atoms with E-state index in [1.54, 1.807) is 43.8 Å². The Bertz CT molecular complexity index is 711. The zero-order valence-electron chi connectivity index (χ0n) is 14.1. The molecule has 4 N–H and O–H groups in total. The van der Waals surface area contributed by atoms with Gasteiger partial charge in [0.1, 0.15) is 12.4 Å². The molecule has 142 valence electrons. The van der Waals surface area contributed by atoms with Gasteiger partial charge in [-0.3, -0.25) is 10.2 Å². The summed E-state index contributed by atoms with van der Waals surface area (Å²) in [6, 6.07) is 7.93. The number of ether oxygens (including phenoxy) is 2. The Morgan fingerprint density at radius 3 is 2.50 bits per heavy atom. The second kappa shape index (κ2) is 10.1. The van der Waals surface area contributed by atoms with Crippen molar-refractivity contribution in [1.29, 1.82) is 0 Å². The third kappa shape index (κ3) is 6.85. The molecule has 0 atom stereocenters. The Morgan fingerprint density at radius 2 is 1.96 bits per heavy atom. The number of hydrogen-bond donors (Lipinski definition) is 3. The monoisotopic (exact) mass is 372 g/mol. The molecule has 1 aromatic carbocycles. The quantitative estimate of drug-likeness (QED) is 0.312. The van der Waals surface area contributed by atoms with Crippen LogP contribution in [0.2, 0.25) is 0 Å². The van der Waals surface area contributed by atoms with Crippen molar-refractivity contribution < 1.29 is 27.4 Å². The number of carbonyl (C=O) groups excluding carboxylic acids is 1. The molecule has 1 aromatic heterocycles. The third-order valence-electron chi connectivity index (χ3n) is 3.01. The molecule has 0 aliphatic carbocycles. The van der Waals surface area contributed by atoms with Crippen LogP contribution >= 0.6 is 0 Å². The molecular weight excluding hydrogens is 353 g/mol. The van der Waals surface area contributed by atoms with E-state index in [0.717, 1.165) is 5.56 Å². The average molecular weight is 372 g/mol. The SMILES string of the molecule is CNc1cccc(OC(F)(F)F)c1COc1ncccc1C.NNC=O. The molecule has 0 saturated heterocycles. The van der Waals surface area contributed by atoms with Gasteiger partial charge >= 0.3 is 6.36 Å². The lowest BCUT2D eigenvalue weighted by molar-refractivity contribution is -0.275. The summed E-state index contributed by atoms with van der Waals surface area (Å²) in [5.74, 6) is 4.48. The van der Waals surface area contributed by atoms with E-state index in [4.69, 9.17) is 9.53 Å². The molecule has 1 heterocycles. The van der Waals surface area contributed by atoms with Crippen LogP contribution in [0, 0.1) is 6.92 Å². The van der Waals surface area contributed by atoms with Crippen molar-refractivity contribution in [2.75, 3.05) is 12.4 Å². The summed E-state index contributed by atoms with van der Waals surface area (Å²) in [6.45, 7) is 1.71. The van der Waals surface area contributed by atoms with Gasteiger partial charge in [-0.15, -0.1) is 13.2 Å². The third-order valence-corrected chi connectivity index (χ3v) is 3.01. The molecule has 26 heavy (non-hydrogen) atoms. The number of pyridine rings is 1. The van der Waals surface area contributed by atoms with Crippen molar-refractivity contribution in [2.45, 2.75) is 19.9 Å². The minimum absolute atomic E-state index is 0.0969. The zero-order valence-corrected chi connectivity index (χ0v) is 14.1. The van der Waals surface area contributed by atoms with Gasteiger partial charge < -0.3 is 14.8 Å². The van der Waals surface area contributed by atoms with E-state index in [0.29, 0.717) is 18.0 Å². The number of carbonyl (C=O) groups is 1. The normalized spacial score (nSPS) is 10.2. The lowest BCUT2D eigenvalue weighted by Gasteiger charge is -2.17. The highest BCUT2D eigenvalue weighted by Gasteiger charge is 2.32. The smallest absolute Gasteiger partial charge is 0.472 e. The number of nitrogens with zero attached hydrogens (tertiary/aromatic N) is 1. The van der Waals surface area contributed by atoms with Crippen LogP contribution in [0.25, 0.3) is 0 Å². The molecular formula is C16H19F3N4O3. The van der Waals surface area contributed by atoms with Crippen LogP contribution in [0.1, 0.15) is 11.1 Å². The first-order valence-corrected chi connectivity index (χ1v) is 7.32. The van der Waals surface area contributed by atoms with E-state index in [9.17, 15) is 13.2 Å². The number of hydrazine groups is 1. The minimum atomic E-state index is -4.76. The highest BCUT2D eigenvalue weighted by atomic mass is 19.4. The number of aromatic nitrogens is 1. The molecule has 0 aliphatic heterocycles. The van der Waals surface area contributed by atoms with Gasteiger partial charge in [0.2, 0.25) is 12.3 Å². The van der Waals surface area contributed by atoms with Crippen LogP contribution in [0.15, 0.2) is 36.5 Å². The fraction of sp³-hybridized carbons (Fsp3) is 0.250. The number of nitrogens with one attached hydrogen (secondary N) is 2. The van der Waals surface area contributed by atoms with Gasteiger partial charge in [0.05, 0.1) is 5.56 Å². The van der Waals surface area contributed by atoms with Crippen molar-refractivity contribution in [3.05, 3.63) is 47.7 Å². The van der Waals surface area contributed by atoms with Crippen molar-refractivity contribution in [3.8, 4) is 11.6 Å². The van der Waals surface area contributed by atoms with E-state index in [2.05, 4.69) is 20.9 Å². The Hall–Kier alpha value is -3.01. The van der Waals surface area contributed by atoms with Crippen LogP contribution in [0.4, 0.5) is 18.9 Å². The number of rotatable bonds is 6. The Kier molecular flexibility index (Phi) is 8.16. The molecule has 0 bridgehead atoms. The maximum absolute atomic E-state index is 12.5. The molecule has 0 unspecified atom stereocenters. The molecule has 0 saturated carbocycles. The second-order valence-corrected chi connectivity index (χ2v) is 4.78. The lowest BCUT2D eigenvalue weighted by Crippen LogP contribution is -2.19. The summed E-state index contributed by atoms with van der Waals surface area (Å²) in [5.41, 5.74) is 3.31. The van der Waals surface area contributed by atoms with Gasteiger partial charge in [-0.2, -0.15) is 0 Å². The van der Waals surface area contributed by atoms with E-state index < -0.39 is 6.36 Å². The topological polar surface area (TPSA) is 98.5 Å². The number of amides is 1. The maximum atomic E-state index is 12.5. The summed E-state index contributed by atoms with van der Waals surface area (Å²) >= 11 is 0. The van der Waals surface area contributed by atoms with Crippen molar-refractivity contribution in [2.24, 2.45) is 5.84 Å². The largest absolute Gasteiger partial charge is 0.573 e. The lowest BCUT2D eigenvalue weighted by atomic mass is 10.1. The van der Waals surface area contributed by atoms with Gasteiger partial charge in [-0.05, 0) is 25.1 Å². The van der Waals surface area contributed by atoms with E-state index in [1.807, 2.05) is 0 Å². The first-order valence-electron chi connectivity index (χ1n) is 7.32. The van der Waals surface area contributed by atoms with Crippen LogP contribution in [-0.2, 0) is 11.4 Å². The van der Waals surface area contributed by atoms with Gasteiger partial charge in [0.25, 0.3) is 0 Å². The standard InChI is InChI=1S/C15H15F3N2O2.CH4N2O/c1-10-5-4-8-20-14(10)21-9-11-12(19-2)6-3-7-13(11)22-15(16,17)18;2-3-1-4/h3-8,19H,9H2,1-2H3;1H,2H2,(H,3,4). The van der Waals surface area contributed by atoms with E-state index >= 15 is 0 Å². The molecule has 0 aliphatic rings. The van der Waals surface area contributed by atoms with Gasteiger partial charge in [-0.1, -0.05) is 12.1 Å². The van der Waals surface area contributed by atoms with Crippen molar-refractivity contribution in [3.63, 3.8) is 0 Å². The summed E-state index contributed by atoms with van der Waals surface area (Å²) in [4.78, 5) is 13.0. The first kappa shape index (κ1) is 21.0. The summed E-state index contributed by atoms with van der Waals surface area (Å²) in [7, 11) is 1.61. The average Bonchev–Trinajstić information content (AvgIpc) is 2.60. The van der Waals surface area contributed by atoms with Gasteiger partial charge in [0.15, 0.2) is 0 Å². The number of halogens is 3. The molecule has 10 heteroatoms. The fourth-order valence-corrected chi connectivity index (χ4v) is 1.93. The molecule has 0 spiro atoms. The second-order valence-electron chi connectivity index (χ2n) is 4.78. The van der Waals surface area contributed by atoms with Gasteiger partial charge in [0, 0.05) is 24.5 Å². The number of anilines is 1. The number of hydrogen-bond acceptors (Lipinski definition) is 6. The summed E-state index contributed by atoms with van der Waals surface area (Å²) in [5, 5.41) is 2.82. The molecule has 2 aromatic rings. The summed E-state index contributed by atoms with van der Waals surface area (Å²) < 4.78 is 47.0. The van der Waals surface area contributed by atoms with Crippen molar-refractivity contribution in [1.82, 2.24) is 10.4 Å². The summed E-state index contributed by atoms with van der Waals surface area (Å²) in [6.07, 6.45) is -2.80. The van der Waals surface area contributed by atoms with Crippen LogP contribution in [-0.4, -0.2) is 24.8 Å². The number of benzene rings is 1. The van der Waals surface area contributed by atoms with Crippen LogP contribution in [0.5, 0.6) is 11.6 Å².